The lowest BCUT2D eigenvalue weighted by molar-refractivity contribution is -0.135. The molecule has 1 aromatic carbocycles. The predicted molar refractivity (Wildman–Crippen MR) is 135 cm³/mol. The molecule has 3 aromatic heterocycles. The van der Waals surface area contributed by atoms with E-state index in [9.17, 15) is 9.90 Å². The highest BCUT2D eigenvalue weighted by molar-refractivity contribution is 5.85. The summed E-state index contributed by atoms with van der Waals surface area (Å²) in [6.07, 6.45) is 2.77. The third-order valence-electron chi connectivity index (χ3n) is 5.94. The first-order valence-corrected chi connectivity index (χ1v) is 12.0. The quantitative estimate of drug-likeness (QED) is 0.363. The Labute approximate surface area is 208 Å². The fraction of sp³-hybridized carbons (Fsp3) is 0.346. The van der Waals surface area contributed by atoms with Crippen LogP contribution in [-0.2, 0) is 16.1 Å². The number of rotatable bonds is 7. The summed E-state index contributed by atoms with van der Waals surface area (Å²) in [5.41, 5.74) is 3.87. The summed E-state index contributed by atoms with van der Waals surface area (Å²) in [4.78, 5) is 30.9. The number of carbonyl (C=O) groups is 1. The van der Waals surface area contributed by atoms with Crippen molar-refractivity contribution >= 4 is 22.9 Å². The number of amides is 1. The number of aryl methyl sites for hydroxylation is 1. The SMILES string of the molecule is Cc1cncc(-c2nc(NCc3ccccc3)c3ncn([C@@H]4O[C@H](C(=O)NC(C)C)C[C@H]4O)c3n2)c1. The Morgan fingerprint density at radius 1 is 1.22 bits per heavy atom. The standard InChI is InChI=1S/C26H29N7O3/c1-15(2)30-25(35)20-10-19(34)26(36-20)33-14-29-21-23(28-12-17-7-5-4-6-8-17)31-22(32-24(21)33)18-9-16(3)11-27-13-18/h4-9,11,13-15,19-20,26,34H,10,12H2,1-3H3,(H,30,35)(H,28,31,32)/t19-,20+,26-/m1/s1. The van der Waals surface area contributed by atoms with Crippen molar-refractivity contribution in [2.45, 2.75) is 58.2 Å². The van der Waals surface area contributed by atoms with Gasteiger partial charge >= 0.3 is 0 Å². The molecular formula is C26H29N7O3. The van der Waals surface area contributed by atoms with Gasteiger partial charge in [0, 0.05) is 37.0 Å². The van der Waals surface area contributed by atoms with Crippen molar-refractivity contribution in [2.75, 3.05) is 5.32 Å². The molecule has 4 aromatic rings. The maximum atomic E-state index is 12.5. The van der Waals surface area contributed by atoms with Crippen LogP contribution in [0, 0.1) is 6.92 Å². The molecule has 1 amide bonds. The van der Waals surface area contributed by atoms with E-state index in [0.717, 1.165) is 16.7 Å². The molecule has 0 radical (unpaired) electrons. The number of aromatic nitrogens is 5. The minimum atomic E-state index is -0.898. The molecule has 3 N–H and O–H groups in total. The molecule has 36 heavy (non-hydrogen) atoms. The Kier molecular flexibility index (Phi) is 6.62. The van der Waals surface area contributed by atoms with Gasteiger partial charge in [-0.1, -0.05) is 30.3 Å². The second kappa shape index (κ2) is 10.00. The van der Waals surface area contributed by atoms with Crippen LogP contribution in [0.25, 0.3) is 22.6 Å². The van der Waals surface area contributed by atoms with E-state index >= 15 is 0 Å². The third-order valence-corrected chi connectivity index (χ3v) is 5.94. The highest BCUT2D eigenvalue weighted by atomic mass is 16.5. The molecule has 0 unspecified atom stereocenters. The maximum absolute atomic E-state index is 12.5. The number of aliphatic hydroxyl groups excluding tert-OH is 1. The van der Waals surface area contributed by atoms with Gasteiger partial charge in [0.25, 0.3) is 0 Å². The molecule has 10 nitrogen and oxygen atoms in total. The van der Waals surface area contributed by atoms with Gasteiger partial charge in [-0.3, -0.25) is 14.3 Å². The van der Waals surface area contributed by atoms with Crippen molar-refractivity contribution in [2.24, 2.45) is 0 Å². The van der Waals surface area contributed by atoms with Crippen molar-refractivity contribution in [3.8, 4) is 11.4 Å². The minimum Gasteiger partial charge on any atom is -0.388 e. The van der Waals surface area contributed by atoms with E-state index in [2.05, 4.69) is 20.6 Å². The van der Waals surface area contributed by atoms with Gasteiger partial charge < -0.3 is 20.5 Å². The molecule has 3 atom stereocenters. The molecule has 1 fully saturated rings. The number of anilines is 1. The van der Waals surface area contributed by atoms with Crippen molar-refractivity contribution < 1.29 is 14.6 Å². The van der Waals surface area contributed by atoms with Crippen molar-refractivity contribution in [1.29, 1.82) is 0 Å². The van der Waals surface area contributed by atoms with Crippen LogP contribution in [0.2, 0.25) is 0 Å². The fourth-order valence-corrected chi connectivity index (χ4v) is 4.26. The summed E-state index contributed by atoms with van der Waals surface area (Å²) in [5.74, 6) is 0.778. The van der Waals surface area contributed by atoms with E-state index in [1.54, 1.807) is 23.3 Å². The van der Waals surface area contributed by atoms with Gasteiger partial charge in [0.1, 0.15) is 12.2 Å². The average Bonchev–Trinajstić information content (AvgIpc) is 3.46. The summed E-state index contributed by atoms with van der Waals surface area (Å²) < 4.78 is 7.66. The Morgan fingerprint density at radius 3 is 2.78 bits per heavy atom. The number of ether oxygens (including phenoxy) is 1. The number of carbonyl (C=O) groups excluding carboxylic acids is 1. The van der Waals surface area contributed by atoms with Crippen LogP contribution in [0.3, 0.4) is 0 Å². The monoisotopic (exact) mass is 487 g/mol. The van der Waals surface area contributed by atoms with Crippen LogP contribution < -0.4 is 10.6 Å². The molecule has 4 heterocycles. The average molecular weight is 488 g/mol. The van der Waals surface area contributed by atoms with Crippen LogP contribution in [0.15, 0.2) is 55.1 Å². The summed E-state index contributed by atoms with van der Waals surface area (Å²) in [7, 11) is 0. The predicted octanol–water partition coefficient (Wildman–Crippen LogP) is 2.98. The highest BCUT2D eigenvalue weighted by Gasteiger charge is 2.40. The number of hydrogen-bond acceptors (Lipinski definition) is 8. The lowest BCUT2D eigenvalue weighted by Crippen LogP contribution is -2.38. The van der Waals surface area contributed by atoms with E-state index in [4.69, 9.17) is 14.7 Å². The first-order valence-electron chi connectivity index (χ1n) is 12.0. The molecule has 0 spiro atoms. The van der Waals surface area contributed by atoms with E-state index in [-0.39, 0.29) is 18.4 Å². The van der Waals surface area contributed by atoms with Gasteiger partial charge in [0.15, 0.2) is 29.0 Å². The van der Waals surface area contributed by atoms with Gasteiger partial charge in [-0.05, 0) is 38.0 Å². The number of pyridine rings is 1. The molecule has 5 rings (SSSR count). The molecule has 1 aliphatic rings. The van der Waals surface area contributed by atoms with Gasteiger partial charge in [-0.25, -0.2) is 15.0 Å². The normalized spacial score (nSPS) is 19.6. The molecule has 1 saturated heterocycles. The second-order valence-corrected chi connectivity index (χ2v) is 9.29. The number of benzene rings is 1. The van der Waals surface area contributed by atoms with E-state index < -0.39 is 18.4 Å². The molecular weight excluding hydrogens is 458 g/mol. The summed E-state index contributed by atoms with van der Waals surface area (Å²) in [6, 6.07) is 11.9. The van der Waals surface area contributed by atoms with Crippen LogP contribution >= 0.6 is 0 Å². The Balaban J connectivity index is 1.53. The molecule has 186 valence electrons. The zero-order valence-corrected chi connectivity index (χ0v) is 20.4. The zero-order chi connectivity index (χ0) is 25.2. The molecule has 0 saturated carbocycles. The number of imidazole rings is 1. The smallest absolute Gasteiger partial charge is 0.249 e. The Hall–Kier alpha value is -3.89. The van der Waals surface area contributed by atoms with Crippen LogP contribution in [0.4, 0.5) is 5.82 Å². The number of nitrogens with one attached hydrogen (secondary N) is 2. The zero-order valence-electron chi connectivity index (χ0n) is 20.4. The number of fused-ring (bicyclic) bond motifs is 1. The van der Waals surface area contributed by atoms with Crippen LogP contribution in [-0.4, -0.2) is 53.8 Å². The van der Waals surface area contributed by atoms with Gasteiger partial charge in [-0.2, -0.15) is 0 Å². The highest BCUT2D eigenvalue weighted by Crippen LogP contribution is 2.33. The van der Waals surface area contributed by atoms with E-state index in [1.165, 1.54) is 0 Å². The van der Waals surface area contributed by atoms with Gasteiger partial charge in [0.05, 0.1) is 6.33 Å². The summed E-state index contributed by atoms with van der Waals surface area (Å²) >= 11 is 0. The summed E-state index contributed by atoms with van der Waals surface area (Å²) in [5, 5.41) is 17.0. The number of nitrogens with zero attached hydrogens (tertiary/aromatic N) is 5. The molecule has 1 aliphatic heterocycles. The maximum Gasteiger partial charge on any atom is 0.249 e. The molecule has 0 bridgehead atoms. The Morgan fingerprint density at radius 2 is 2.03 bits per heavy atom. The van der Waals surface area contributed by atoms with Gasteiger partial charge in [0.2, 0.25) is 5.91 Å². The molecule has 10 heteroatoms. The van der Waals surface area contributed by atoms with Crippen molar-refractivity contribution in [1.82, 2.24) is 29.8 Å². The van der Waals surface area contributed by atoms with Crippen molar-refractivity contribution in [3.63, 3.8) is 0 Å². The first-order chi connectivity index (χ1) is 17.4. The lowest BCUT2D eigenvalue weighted by atomic mass is 10.1. The molecule has 0 aliphatic carbocycles. The van der Waals surface area contributed by atoms with Crippen LogP contribution in [0.1, 0.15) is 37.6 Å². The third kappa shape index (κ3) is 4.91. The Bertz CT molecular complexity index is 1370. The topological polar surface area (TPSA) is 127 Å². The lowest BCUT2D eigenvalue weighted by Gasteiger charge is -2.18. The fourth-order valence-electron chi connectivity index (χ4n) is 4.26. The van der Waals surface area contributed by atoms with E-state index in [0.29, 0.717) is 29.4 Å². The van der Waals surface area contributed by atoms with E-state index in [1.807, 2.05) is 57.2 Å². The van der Waals surface area contributed by atoms with Crippen molar-refractivity contribution in [3.05, 3.63) is 66.2 Å². The first kappa shape index (κ1) is 23.8. The van der Waals surface area contributed by atoms with Gasteiger partial charge in [-0.15, -0.1) is 0 Å². The van der Waals surface area contributed by atoms with Crippen LogP contribution in [0.5, 0.6) is 0 Å². The minimum absolute atomic E-state index is 0.0251. The number of hydrogen-bond donors (Lipinski definition) is 3. The second-order valence-electron chi connectivity index (χ2n) is 9.29. The summed E-state index contributed by atoms with van der Waals surface area (Å²) in [6.45, 7) is 6.27. The number of aliphatic hydroxyl groups is 1. The largest absolute Gasteiger partial charge is 0.388 e.